The van der Waals surface area contributed by atoms with E-state index in [0.29, 0.717) is 39.3 Å². The Hall–Kier alpha value is -1.14. The lowest BCUT2D eigenvalue weighted by molar-refractivity contribution is -0.159. The standard InChI is InChI=1S/C12H22N2O4/c1-4-17-10(18-5-2)6-7-14-9-8-13(3)11(15)12(14)16/h10H,4-9H2,1-3H3. The van der Waals surface area contributed by atoms with Gasteiger partial charge in [0.15, 0.2) is 6.29 Å². The third-order valence-electron chi connectivity index (χ3n) is 2.86. The lowest BCUT2D eigenvalue weighted by atomic mass is 10.2. The van der Waals surface area contributed by atoms with Crippen LogP contribution in [0, 0.1) is 0 Å². The zero-order valence-electron chi connectivity index (χ0n) is 11.3. The highest BCUT2D eigenvalue weighted by molar-refractivity contribution is 6.35. The van der Waals surface area contributed by atoms with Gasteiger partial charge in [-0.05, 0) is 13.8 Å². The molecule has 0 spiro atoms. The summed E-state index contributed by atoms with van der Waals surface area (Å²) < 4.78 is 10.8. The predicted octanol–water partition coefficient (Wildman–Crippen LogP) is 0.0762. The molecule has 0 aliphatic carbocycles. The Kier molecular flexibility index (Phi) is 6.07. The van der Waals surface area contributed by atoms with E-state index in [0.717, 1.165) is 0 Å². The molecule has 1 aliphatic rings. The molecule has 104 valence electrons. The smallest absolute Gasteiger partial charge is 0.312 e. The molecule has 0 aromatic carbocycles. The van der Waals surface area contributed by atoms with Crippen molar-refractivity contribution in [2.45, 2.75) is 26.6 Å². The third kappa shape index (κ3) is 3.96. The van der Waals surface area contributed by atoms with Gasteiger partial charge in [0.05, 0.1) is 0 Å². The molecule has 1 heterocycles. The van der Waals surface area contributed by atoms with E-state index in [-0.39, 0.29) is 6.29 Å². The van der Waals surface area contributed by atoms with Gasteiger partial charge >= 0.3 is 11.8 Å². The van der Waals surface area contributed by atoms with Crippen LogP contribution >= 0.6 is 0 Å². The first-order valence-corrected chi connectivity index (χ1v) is 6.37. The molecule has 0 saturated carbocycles. The van der Waals surface area contributed by atoms with Crippen LogP contribution in [-0.4, -0.2) is 67.8 Å². The number of nitrogens with zero attached hydrogens (tertiary/aromatic N) is 2. The molecule has 0 unspecified atom stereocenters. The summed E-state index contributed by atoms with van der Waals surface area (Å²) in [5, 5.41) is 0. The molecule has 6 heteroatoms. The zero-order chi connectivity index (χ0) is 13.5. The van der Waals surface area contributed by atoms with E-state index in [1.165, 1.54) is 4.90 Å². The summed E-state index contributed by atoms with van der Waals surface area (Å²) in [6.45, 7) is 6.58. The number of ether oxygens (including phenoxy) is 2. The molecule has 6 nitrogen and oxygen atoms in total. The largest absolute Gasteiger partial charge is 0.353 e. The summed E-state index contributed by atoms with van der Waals surface area (Å²) in [7, 11) is 1.64. The number of amides is 2. The van der Waals surface area contributed by atoms with Gasteiger partial charge in [-0.25, -0.2) is 0 Å². The monoisotopic (exact) mass is 258 g/mol. The van der Waals surface area contributed by atoms with Crippen molar-refractivity contribution in [2.75, 3.05) is 39.9 Å². The van der Waals surface area contributed by atoms with Crippen molar-refractivity contribution in [3.05, 3.63) is 0 Å². The number of rotatable bonds is 7. The van der Waals surface area contributed by atoms with Crippen LogP contribution in [0.25, 0.3) is 0 Å². The minimum absolute atomic E-state index is 0.303. The van der Waals surface area contributed by atoms with E-state index in [9.17, 15) is 9.59 Å². The molecule has 0 radical (unpaired) electrons. The minimum Gasteiger partial charge on any atom is -0.353 e. The maximum atomic E-state index is 11.7. The SMILES string of the molecule is CCOC(CCN1CCN(C)C(=O)C1=O)OCC. The van der Waals surface area contributed by atoms with Crippen LogP contribution in [-0.2, 0) is 19.1 Å². The first-order valence-electron chi connectivity index (χ1n) is 6.37. The van der Waals surface area contributed by atoms with Gasteiger partial charge in [0.1, 0.15) is 0 Å². The summed E-state index contributed by atoms with van der Waals surface area (Å²) in [6, 6.07) is 0. The van der Waals surface area contributed by atoms with Crippen LogP contribution in [0.15, 0.2) is 0 Å². The van der Waals surface area contributed by atoms with Gasteiger partial charge in [-0.2, -0.15) is 0 Å². The molecule has 0 aromatic heterocycles. The topological polar surface area (TPSA) is 59.1 Å². The lowest BCUT2D eigenvalue weighted by Gasteiger charge is -2.32. The Morgan fingerprint density at radius 3 is 2.28 bits per heavy atom. The molecular formula is C12H22N2O4. The Morgan fingerprint density at radius 1 is 1.11 bits per heavy atom. The van der Waals surface area contributed by atoms with Crippen molar-refractivity contribution in [1.29, 1.82) is 0 Å². The molecule has 18 heavy (non-hydrogen) atoms. The number of likely N-dealkylation sites (N-methyl/N-ethyl adjacent to an activating group) is 1. The second kappa shape index (κ2) is 7.33. The summed E-state index contributed by atoms with van der Waals surface area (Å²) in [6.07, 6.45) is 0.285. The van der Waals surface area contributed by atoms with Crippen molar-refractivity contribution in [1.82, 2.24) is 9.80 Å². The zero-order valence-corrected chi connectivity index (χ0v) is 11.3. The van der Waals surface area contributed by atoms with Crippen LogP contribution < -0.4 is 0 Å². The third-order valence-corrected chi connectivity index (χ3v) is 2.86. The van der Waals surface area contributed by atoms with Gasteiger partial charge in [0.25, 0.3) is 0 Å². The lowest BCUT2D eigenvalue weighted by Crippen LogP contribution is -2.53. The molecule has 0 aromatic rings. The van der Waals surface area contributed by atoms with Gasteiger partial charge in [-0.1, -0.05) is 0 Å². The van der Waals surface area contributed by atoms with Gasteiger partial charge < -0.3 is 19.3 Å². The van der Waals surface area contributed by atoms with Crippen LogP contribution in [0.3, 0.4) is 0 Å². The normalized spacial score (nSPS) is 16.9. The number of hydrogen-bond donors (Lipinski definition) is 0. The fourth-order valence-electron chi connectivity index (χ4n) is 1.83. The molecule has 1 rings (SSSR count). The fraction of sp³-hybridized carbons (Fsp3) is 0.833. The Balaban J connectivity index is 2.42. The highest BCUT2D eigenvalue weighted by atomic mass is 16.7. The molecule has 2 amide bonds. The molecule has 1 aliphatic heterocycles. The summed E-state index contributed by atoms with van der Waals surface area (Å²) >= 11 is 0. The second-order valence-electron chi connectivity index (χ2n) is 4.15. The van der Waals surface area contributed by atoms with E-state index >= 15 is 0 Å². The molecule has 1 fully saturated rings. The van der Waals surface area contributed by atoms with Crippen molar-refractivity contribution in [2.24, 2.45) is 0 Å². The molecular weight excluding hydrogens is 236 g/mol. The number of hydrogen-bond acceptors (Lipinski definition) is 4. The molecule has 0 bridgehead atoms. The molecule has 0 atom stereocenters. The molecule has 1 saturated heterocycles. The first-order chi connectivity index (χ1) is 8.60. The highest BCUT2D eigenvalue weighted by Crippen LogP contribution is 2.07. The maximum Gasteiger partial charge on any atom is 0.312 e. The summed E-state index contributed by atoms with van der Waals surface area (Å²) in [5.41, 5.74) is 0. The van der Waals surface area contributed by atoms with Crippen LogP contribution in [0.4, 0.5) is 0 Å². The average molecular weight is 258 g/mol. The van der Waals surface area contributed by atoms with E-state index in [1.54, 1.807) is 11.9 Å². The van der Waals surface area contributed by atoms with E-state index < -0.39 is 11.8 Å². The summed E-state index contributed by atoms with van der Waals surface area (Å²) in [5.74, 6) is -0.874. The Labute approximate surface area is 108 Å². The van der Waals surface area contributed by atoms with E-state index in [1.807, 2.05) is 13.8 Å². The maximum absolute atomic E-state index is 11.7. The molecule has 0 N–H and O–H groups in total. The number of carbonyl (C=O) groups excluding carboxylic acids is 2. The Bertz CT molecular complexity index is 290. The van der Waals surface area contributed by atoms with E-state index in [2.05, 4.69) is 0 Å². The van der Waals surface area contributed by atoms with E-state index in [4.69, 9.17) is 9.47 Å². The summed E-state index contributed by atoms with van der Waals surface area (Å²) in [4.78, 5) is 26.2. The average Bonchev–Trinajstić information content (AvgIpc) is 2.35. The van der Waals surface area contributed by atoms with Gasteiger partial charge in [-0.3, -0.25) is 9.59 Å². The number of carbonyl (C=O) groups is 2. The quantitative estimate of drug-likeness (QED) is 0.479. The second-order valence-corrected chi connectivity index (χ2v) is 4.15. The van der Waals surface area contributed by atoms with Crippen LogP contribution in [0.5, 0.6) is 0 Å². The van der Waals surface area contributed by atoms with Crippen LogP contribution in [0.1, 0.15) is 20.3 Å². The fourth-order valence-corrected chi connectivity index (χ4v) is 1.83. The van der Waals surface area contributed by atoms with Crippen molar-refractivity contribution >= 4 is 11.8 Å². The van der Waals surface area contributed by atoms with Gasteiger partial charge in [0.2, 0.25) is 0 Å². The highest BCUT2D eigenvalue weighted by Gasteiger charge is 2.30. The van der Waals surface area contributed by atoms with Gasteiger partial charge in [0, 0.05) is 46.3 Å². The van der Waals surface area contributed by atoms with Crippen molar-refractivity contribution < 1.29 is 19.1 Å². The predicted molar refractivity (Wildman–Crippen MR) is 65.9 cm³/mol. The van der Waals surface area contributed by atoms with Crippen molar-refractivity contribution in [3.63, 3.8) is 0 Å². The Morgan fingerprint density at radius 2 is 1.72 bits per heavy atom. The minimum atomic E-state index is -0.439. The van der Waals surface area contributed by atoms with Gasteiger partial charge in [-0.15, -0.1) is 0 Å². The van der Waals surface area contributed by atoms with Crippen LogP contribution in [0.2, 0.25) is 0 Å². The number of piperazine rings is 1. The van der Waals surface area contributed by atoms with Crippen molar-refractivity contribution in [3.8, 4) is 0 Å². The first kappa shape index (κ1) is 14.9.